The van der Waals surface area contributed by atoms with E-state index in [4.69, 9.17) is 9.84 Å². The lowest BCUT2D eigenvalue weighted by Gasteiger charge is -2.08. The summed E-state index contributed by atoms with van der Waals surface area (Å²) in [5.41, 5.74) is 1.03. The first kappa shape index (κ1) is 14.9. The Labute approximate surface area is 109 Å². The standard InChI is InChI=1S/C14H24N2O2/c1-12(2)9-15-10-13-5-6-14(11-16-13)18-8-4-3-7-17/h5-6,11-12,15,17H,3-4,7-10H2,1-2H3. The summed E-state index contributed by atoms with van der Waals surface area (Å²) in [6, 6.07) is 3.92. The first-order chi connectivity index (χ1) is 8.72. The van der Waals surface area contributed by atoms with Gasteiger partial charge >= 0.3 is 0 Å². The highest BCUT2D eigenvalue weighted by atomic mass is 16.5. The van der Waals surface area contributed by atoms with Crippen LogP contribution in [0.3, 0.4) is 0 Å². The normalized spacial score (nSPS) is 10.9. The Hall–Kier alpha value is -1.13. The predicted molar refractivity (Wildman–Crippen MR) is 72.6 cm³/mol. The third kappa shape index (κ3) is 6.57. The molecule has 1 rings (SSSR count). The van der Waals surface area contributed by atoms with Crippen LogP contribution < -0.4 is 10.1 Å². The molecule has 0 bridgehead atoms. The van der Waals surface area contributed by atoms with Crippen molar-refractivity contribution in [3.05, 3.63) is 24.0 Å². The average Bonchev–Trinajstić information content (AvgIpc) is 2.36. The highest BCUT2D eigenvalue weighted by molar-refractivity contribution is 5.19. The van der Waals surface area contributed by atoms with Gasteiger partial charge in [0.2, 0.25) is 0 Å². The van der Waals surface area contributed by atoms with Crippen LogP contribution in [-0.4, -0.2) is 29.8 Å². The van der Waals surface area contributed by atoms with Crippen LogP contribution in [-0.2, 0) is 6.54 Å². The van der Waals surface area contributed by atoms with Crippen molar-refractivity contribution in [2.75, 3.05) is 19.8 Å². The Balaban J connectivity index is 2.24. The lowest BCUT2D eigenvalue weighted by atomic mass is 10.2. The second-order valence-corrected chi connectivity index (χ2v) is 4.79. The van der Waals surface area contributed by atoms with Gasteiger partial charge in [-0.1, -0.05) is 13.8 Å². The van der Waals surface area contributed by atoms with Crippen LogP contribution in [0.1, 0.15) is 32.4 Å². The molecule has 0 saturated heterocycles. The number of nitrogens with one attached hydrogen (secondary N) is 1. The molecular weight excluding hydrogens is 228 g/mol. The second kappa shape index (κ2) is 8.89. The zero-order valence-electron chi connectivity index (χ0n) is 11.4. The van der Waals surface area contributed by atoms with E-state index in [0.717, 1.165) is 37.4 Å². The van der Waals surface area contributed by atoms with Gasteiger partial charge in [0.25, 0.3) is 0 Å². The van der Waals surface area contributed by atoms with E-state index in [1.807, 2.05) is 12.1 Å². The Morgan fingerprint density at radius 3 is 2.78 bits per heavy atom. The number of unbranched alkanes of at least 4 members (excludes halogenated alkanes) is 1. The van der Waals surface area contributed by atoms with Crippen molar-refractivity contribution in [2.24, 2.45) is 5.92 Å². The molecule has 0 spiro atoms. The van der Waals surface area contributed by atoms with Crippen molar-refractivity contribution < 1.29 is 9.84 Å². The maximum absolute atomic E-state index is 8.65. The molecule has 18 heavy (non-hydrogen) atoms. The summed E-state index contributed by atoms with van der Waals surface area (Å²) in [5.74, 6) is 1.44. The molecule has 0 aromatic carbocycles. The van der Waals surface area contributed by atoms with E-state index in [1.54, 1.807) is 6.20 Å². The van der Waals surface area contributed by atoms with Crippen molar-refractivity contribution in [3.63, 3.8) is 0 Å². The highest BCUT2D eigenvalue weighted by Gasteiger charge is 1.98. The molecule has 0 aliphatic heterocycles. The number of nitrogens with zero attached hydrogens (tertiary/aromatic N) is 1. The molecule has 0 amide bonds. The van der Waals surface area contributed by atoms with Crippen molar-refractivity contribution in [2.45, 2.75) is 33.2 Å². The van der Waals surface area contributed by atoms with Gasteiger partial charge in [-0.25, -0.2) is 0 Å². The molecule has 102 valence electrons. The summed E-state index contributed by atoms with van der Waals surface area (Å²) in [6.07, 6.45) is 3.41. The summed E-state index contributed by atoms with van der Waals surface area (Å²) < 4.78 is 5.51. The van der Waals surface area contributed by atoms with Gasteiger partial charge in [-0.05, 0) is 37.4 Å². The van der Waals surface area contributed by atoms with Crippen LogP contribution in [0.4, 0.5) is 0 Å². The molecule has 0 saturated carbocycles. The van der Waals surface area contributed by atoms with Crippen LogP contribution in [0, 0.1) is 5.92 Å². The molecule has 1 heterocycles. The minimum Gasteiger partial charge on any atom is -0.492 e. The molecule has 0 radical (unpaired) electrons. The molecule has 0 atom stereocenters. The Morgan fingerprint density at radius 2 is 2.17 bits per heavy atom. The molecular formula is C14H24N2O2. The van der Waals surface area contributed by atoms with E-state index in [9.17, 15) is 0 Å². The van der Waals surface area contributed by atoms with Gasteiger partial charge in [-0.3, -0.25) is 4.98 Å². The Bertz CT molecular complexity index is 312. The molecule has 4 nitrogen and oxygen atoms in total. The third-order valence-electron chi connectivity index (χ3n) is 2.48. The monoisotopic (exact) mass is 252 g/mol. The molecule has 0 unspecified atom stereocenters. The Kier molecular flexibility index (Phi) is 7.37. The minimum absolute atomic E-state index is 0.224. The quantitative estimate of drug-likeness (QED) is 0.660. The predicted octanol–water partition coefficient (Wildman–Crippen LogP) is 1.98. The van der Waals surface area contributed by atoms with Gasteiger partial charge in [-0.15, -0.1) is 0 Å². The maximum Gasteiger partial charge on any atom is 0.137 e. The van der Waals surface area contributed by atoms with Crippen LogP contribution in [0.25, 0.3) is 0 Å². The Morgan fingerprint density at radius 1 is 1.33 bits per heavy atom. The third-order valence-corrected chi connectivity index (χ3v) is 2.48. The summed E-state index contributed by atoms with van der Waals surface area (Å²) >= 11 is 0. The molecule has 0 fully saturated rings. The van der Waals surface area contributed by atoms with E-state index < -0.39 is 0 Å². The maximum atomic E-state index is 8.65. The van der Waals surface area contributed by atoms with Crippen molar-refractivity contribution in [1.29, 1.82) is 0 Å². The number of hydrogen-bond acceptors (Lipinski definition) is 4. The minimum atomic E-state index is 0.224. The van der Waals surface area contributed by atoms with E-state index in [2.05, 4.69) is 24.1 Å². The molecule has 0 aliphatic rings. The van der Waals surface area contributed by atoms with E-state index >= 15 is 0 Å². The number of rotatable bonds is 9. The van der Waals surface area contributed by atoms with Gasteiger partial charge in [0.1, 0.15) is 5.75 Å². The van der Waals surface area contributed by atoms with Crippen LogP contribution >= 0.6 is 0 Å². The molecule has 4 heteroatoms. The van der Waals surface area contributed by atoms with Gasteiger partial charge in [0, 0.05) is 13.2 Å². The molecule has 1 aromatic heterocycles. The van der Waals surface area contributed by atoms with Crippen LogP contribution in [0.15, 0.2) is 18.3 Å². The fourth-order valence-corrected chi connectivity index (χ4v) is 1.49. The van der Waals surface area contributed by atoms with E-state index in [1.165, 1.54) is 0 Å². The lowest BCUT2D eigenvalue weighted by molar-refractivity contribution is 0.252. The molecule has 1 aromatic rings. The average molecular weight is 252 g/mol. The second-order valence-electron chi connectivity index (χ2n) is 4.79. The first-order valence-corrected chi connectivity index (χ1v) is 6.61. The fourth-order valence-electron chi connectivity index (χ4n) is 1.49. The number of aliphatic hydroxyl groups excluding tert-OH is 1. The van der Waals surface area contributed by atoms with Gasteiger partial charge in [0.15, 0.2) is 0 Å². The zero-order valence-corrected chi connectivity index (χ0v) is 11.4. The number of ether oxygens (including phenoxy) is 1. The zero-order chi connectivity index (χ0) is 13.2. The summed E-state index contributed by atoms with van der Waals surface area (Å²) in [4.78, 5) is 4.34. The number of aromatic nitrogens is 1. The fraction of sp³-hybridized carbons (Fsp3) is 0.643. The first-order valence-electron chi connectivity index (χ1n) is 6.61. The summed E-state index contributed by atoms with van der Waals surface area (Å²) in [7, 11) is 0. The van der Waals surface area contributed by atoms with E-state index in [-0.39, 0.29) is 6.61 Å². The number of aliphatic hydroxyl groups is 1. The van der Waals surface area contributed by atoms with Crippen LogP contribution in [0.2, 0.25) is 0 Å². The van der Waals surface area contributed by atoms with E-state index in [0.29, 0.717) is 12.5 Å². The topological polar surface area (TPSA) is 54.4 Å². The van der Waals surface area contributed by atoms with Gasteiger partial charge in [0.05, 0.1) is 18.5 Å². The van der Waals surface area contributed by atoms with Gasteiger partial charge < -0.3 is 15.2 Å². The van der Waals surface area contributed by atoms with Crippen molar-refractivity contribution in [3.8, 4) is 5.75 Å². The molecule has 0 aliphatic carbocycles. The lowest BCUT2D eigenvalue weighted by Crippen LogP contribution is -2.19. The van der Waals surface area contributed by atoms with Crippen LogP contribution in [0.5, 0.6) is 5.75 Å². The number of hydrogen-bond donors (Lipinski definition) is 2. The smallest absolute Gasteiger partial charge is 0.137 e. The summed E-state index contributed by atoms with van der Waals surface area (Å²) in [6.45, 7) is 7.02. The van der Waals surface area contributed by atoms with Crippen molar-refractivity contribution in [1.82, 2.24) is 10.3 Å². The molecule has 2 N–H and O–H groups in total. The van der Waals surface area contributed by atoms with Gasteiger partial charge in [-0.2, -0.15) is 0 Å². The summed E-state index contributed by atoms with van der Waals surface area (Å²) in [5, 5.41) is 12.0. The highest BCUT2D eigenvalue weighted by Crippen LogP contribution is 2.09. The largest absolute Gasteiger partial charge is 0.492 e. The number of pyridine rings is 1. The SMILES string of the molecule is CC(C)CNCc1ccc(OCCCCO)cn1. The van der Waals surface area contributed by atoms with Crippen molar-refractivity contribution >= 4 is 0 Å².